The van der Waals surface area contributed by atoms with Crippen LogP contribution >= 0.6 is 11.8 Å². The minimum atomic E-state index is -0.0676. The quantitative estimate of drug-likeness (QED) is 0.709. The zero-order valence-corrected chi connectivity index (χ0v) is 18.0. The molecule has 0 unspecified atom stereocenters. The van der Waals surface area contributed by atoms with Gasteiger partial charge in [-0.25, -0.2) is 0 Å². The third kappa shape index (κ3) is 5.08. The Morgan fingerprint density at radius 1 is 1.17 bits per heavy atom. The molecule has 152 valence electrons. The van der Waals surface area contributed by atoms with Crippen LogP contribution in [0.25, 0.3) is 6.08 Å². The Bertz CT molecular complexity index is 949. The number of aliphatic imine (C=N–C) groups is 1. The van der Waals surface area contributed by atoms with Gasteiger partial charge in [-0.15, -0.1) is 0 Å². The fourth-order valence-electron chi connectivity index (χ4n) is 3.02. The van der Waals surface area contributed by atoms with Crippen molar-refractivity contribution in [3.63, 3.8) is 0 Å². The first kappa shape index (κ1) is 21.1. The largest absolute Gasteiger partial charge is 0.491 e. The van der Waals surface area contributed by atoms with Gasteiger partial charge in [0.15, 0.2) is 5.17 Å². The van der Waals surface area contributed by atoms with Gasteiger partial charge >= 0.3 is 0 Å². The summed E-state index contributed by atoms with van der Waals surface area (Å²) in [7, 11) is 0. The molecule has 1 fully saturated rings. The number of aliphatic hydroxyl groups is 1. The third-order valence-corrected chi connectivity index (χ3v) is 5.29. The molecule has 0 aromatic heterocycles. The first-order valence-electron chi connectivity index (χ1n) is 9.62. The molecule has 1 N–H and O–H groups in total. The highest BCUT2D eigenvalue weighted by Gasteiger charge is 2.35. The predicted octanol–water partition coefficient (Wildman–Crippen LogP) is 4.56. The number of aryl methyl sites for hydroxylation is 2. The highest BCUT2D eigenvalue weighted by Crippen LogP contribution is 2.37. The number of hydrogen-bond donors (Lipinski definition) is 1. The van der Waals surface area contributed by atoms with E-state index >= 15 is 0 Å². The molecular weight excluding hydrogens is 384 g/mol. The van der Waals surface area contributed by atoms with Gasteiger partial charge in [0.05, 0.1) is 17.2 Å². The molecule has 6 heteroatoms. The van der Waals surface area contributed by atoms with E-state index in [4.69, 9.17) is 9.84 Å². The first-order chi connectivity index (χ1) is 13.9. The number of carbonyl (C=O) groups is 1. The van der Waals surface area contributed by atoms with E-state index in [9.17, 15) is 4.79 Å². The molecule has 0 aliphatic carbocycles. The van der Waals surface area contributed by atoms with Gasteiger partial charge in [0.25, 0.3) is 5.91 Å². The average molecular weight is 411 g/mol. The van der Waals surface area contributed by atoms with Crippen molar-refractivity contribution in [3.05, 3.63) is 64.1 Å². The van der Waals surface area contributed by atoms with Gasteiger partial charge in [-0.3, -0.25) is 14.7 Å². The highest BCUT2D eigenvalue weighted by atomic mass is 32.2. The smallest absolute Gasteiger partial charge is 0.271 e. The van der Waals surface area contributed by atoms with Crippen LogP contribution in [0.4, 0.5) is 5.69 Å². The molecule has 0 saturated carbocycles. The molecule has 0 spiro atoms. The number of ether oxygens (including phenoxy) is 1. The molecule has 5 nitrogen and oxygen atoms in total. The average Bonchev–Trinajstić information content (AvgIpc) is 2.96. The molecular formula is C23H26N2O3S. The molecule has 29 heavy (non-hydrogen) atoms. The lowest BCUT2D eigenvalue weighted by atomic mass is 10.1. The molecule has 1 saturated heterocycles. The van der Waals surface area contributed by atoms with Gasteiger partial charge in [-0.05, 0) is 74.9 Å². The Morgan fingerprint density at radius 3 is 2.52 bits per heavy atom. The Balaban J connectivity index is 1.93. The Morgan fingerprint density at radius 2 is 1.90 bits per heavy atom. The van der Waals surface area contributed by atoms with Crippen LogP contribution in [0.3, 0.4) is 0 Å². The van der Waals surface area contributed by atoms with E-state index in [2.05, 4.69) is 11.1 Å². The van der Waals surface area contributed by atoms with Gasteiger partial charge in [0, 0.05) is 6.04 Å². The lowest BCUT2D eigenvalue weighted by Gasteiger charge is -2.19. The number of aliphatic hydroxyl groups excluding tert-OH is 1. The van der Waals surface area contributed by atoms with E-state index in [1.54, 1.807) is 4.90 Å². The standard InChI is InChI=1S/C23H26N2O3S/c1-15(2)24-23-25(20-10-5-16(3)13-17(20)4)22(27)21(29-23)14-18-6-8-19(9-7-18)28-12-11-26/h5-10,13-15,26H,11-12H2,1-4H3/b21-14-,24-23?. The normalized spacial score (nSPS) is 17.0. The van der Waals surface area contributed by atoms with Crippen molar-refractivity contribution in [3.8, 4) is 5.75 Å². The van der Waals surface area contributed by atoms with Crippen LogP contribution in [-0.4, -0.2) is 35.4 Å². The van der Waals surface area contributed by atoms with E-state index in [1.807, 2.05) is 70.2 Å². The fourth-order valence-corrected chi connectivity index (χ4v) is 4.13. The predicted molar refractivity (Wildman–Crippen MR) is 121 cm³/mol. The lowest BCUT2D eigenvalue weighted by Crippen LogP contribution is -2.30. The highest BCUT2D eigenvalue weighted by molar-refractivity contribution is 8.19. The van der Waals surface area contributed by atoms with Crippen LogP contribution in [0.15, 0.2) is 52.4 Å². The summed E-state index contributed by atoms with van der Waals surface area (Å²) in [4.78, 5) is 20.3. The maximum Gasteiger partial charge on any atom is 0.271 e. The van der Waals surface area contributed by atoms with E-state index in [1.165, 1.54) is 11.8 Å². The third-order valence-electron chi connectivity index (χ3n) is 4.31. The molecule has 1 amide bonds. The van der Waals surface area contributed by atoms with Crippen molar-refractivity contribution >= 4 is 34.6 Å². The summed E-state index contributed by atoms with van der Waals surface area (Å²) in [6, 6.07) is 13.6. The van der Waals surface area contributed by atoms with Crippen LogP contribution in [0.2, 0.25) is 0 Å². The van der Waals surface area contributed by atoms with E-state index in [0.29, 0.717) is 15.8 Å². The summed E-state index contributed by atoms with van der Waals surface area (Å²) in [5.41, 5.74) is 3.97. The molecule has 2 aromatic carbocycles. The molecule has 3 rings (SSSR count). The number of amides is 1. The maximum absolute atomic E-state index is 13.3. The SMILES string of the molecule is Cc1ccc(N2C(=O)/C(=C/c3ccc(OCCO)cc3)SC2=NC(C)C)c(C)c1. The maximum atomic E-state index is 13.3. The second kappa shape index (κ2) is 9.29. The number of thioether (sulfide) groups is 1. The van der Waals surface area contributed by atoms with Crippen molar-refractivity contribution in [1.82, 2.24) is 0 Å². The Kier molecular flexibility index (Phi) is 6.77. The number of nitrogens with zero attached hydrogens (tertiary/aromatic N) is 2. The van der Waals surface area contributed by atoms with Crippen molar-refractivity contribution < 1.29 is 14.6 Å². The zero-order chi connectivity index (χ0) is 21.0. The van der Waals surface area contributed by atoms with Crippen LogP contribution < -0.4 is 9.64 Å². The number of amidine groups is 1. The summed E-state index contributed by atoms with van der Waals surface area (Å²) in [5.74, 6) is 0.618. The van der Waals surface area contributed by atoms with Crippen molar-refractivity contribution in [1.29, 1.82) is 0 Å². The van der Waals surface area contributed by atoms with Crippen LogP contribution in [-0.2, 0) is 4.79 Å². The summed E-state index contributed by atoms with van der Waals surface area (Å²) >= 11 is 1.40. The van der Waals surface area contributed by atoms with Crippen LogP contribution in [0.5, 0.6) is 5.75 Å². The molecule has 2 aromatic rings. The fraction of sp³-hybridized carbons (Fsp3) is 0.304. The van der Waals surface area contributed by atoms with E-state index in [0.717, 1.165) is 22.4 Å². The number of anilines is 1. The second-order valence-corrected chi connectivity index (χ2v) is 8.20. The molecule has 1 heterocycles. The molecule has 0 atom stereocenters. The van der Waals surface area contributed by atoms with Gasteiger partial charge < -0.3 is 9.84 Å². The molecule has 0 radical (unpaired) electrons. The van der Waals surface area contributed by atoms with Crippen LogP contribution in [0, 0.1) is 13.8 Å². The Hall–Kier alpha value is -2.57. The van der Waals surface area contributed by atoms with Crippen LogP contribution in [0.1, 0.15) is 30.5 Å². The summed E-state index contributed by atoms with van der Waals surface area (Å²) in [6.45, 7) is 8.30. The Labute approximate surface area is 176 Å². The second-order valence-electron chi connectivity index (χ2n) is 7.19. The van der Waals surface area contributed by atoms with Gasteiger partial charge in [-0.2, -0.15) is 0 Å². The van der Waals surface area contributed by atoms with Crippen molar-refractivity contribution in [2.24, 2.45) is 4.99 Å². The zero-order valence-electron chi connectivity index (χ0n) is 17.2. The van der Waals surface area contributed by atoms with Gasteiger partial charge in [0.2, 0.25) is 0 Å². The minimum Gasteiger partial charge on any atom is -0.491 e. The monoisotopic (exact) mass is 410 g/mol. The molecule has 1 aliphatic rings. The summed E-state index contributed by atoms with van der Waals surface area (Å²) < 4.78 is 5.39. The number of benzene rings is 2. The minimum absolute atomic E-state index is 0.0246. The lowest BCUT2D eigenvalue weighted by molar-refractivity contribution is -0.113. The number of carbonyl (C=O) groups excluding carboxylic acids is 1. The van der Waals surface area contributed by atoms with Gasteiger partial charge in [0.1, 0.15) is 12.4 Å². The van der Waals surface area contributed by atoms with E-state index in [-0.39, 0.29) is 25.2 Å². The summed E-state index contributed by atoms with van der Waals surface area (Å²) in [5, 5.41) is 9.55. The van der Waals surface area contributed by atoms with Crippen molar-refractivity contribution in [2.45, 2.75) is 33.7 Å². The first-order valence-corrected chi connectivity index (χ1v) is 10.4. The van der Waals surface area contributed by atoms with Crippen molar-refractivity contribution in [2.75, 3.05) is 18.1 Å². The summed E-state index contributed by atoms with van der Waals surface area (Å²) in [6.07, 6.45) is 1.88. The number of rotatable bonds is 6. The van der Waals surface area contributed by atoms with E-state index < -0.39 is 0 Å². The van der Waals surface area contributed by atoms with Gasteiger partial charge in [-0.1, -0.05) is 29.8 Å². The number of hydrogen-bond acceptors (Lipinski definition) is 5. The topological polar surface area (TPSA) is 62.1 Å². The molecule has 0 bridgehead atoms. The molecule has 1 aliphatic heterocycles.